The molecule has 0 bridgehead atoms. The van der Waals surface area contributed by atoms with Gasteiger partial charge in [-0.15, -0.1) is 0 Å². The lowest BCUT2D eigenvalue weighted by atomic mass is 10.1. The molecule has 2 aromatic rings. The lowest BCUT2D eigenvalue weighted by Gasteiger charge is -2.09. The molecule has 1 fully saturated rings. The summed E-state index contributed by atoms with van der Waals surface area (Å²) in [5.41, 5.74) is 7.59. The van der Waals surface area contributed by atoms with Crippen LogP contribution in [-0.2, 0) is 9.84 Å². The first-order chi connectivity index (χ1) is 9.44. The van der Waals surface area contributed by atoms with Crippen LogP contribution in [0.15, 0.2) is 30.3 Å². The number of aromatic nitrogens is 2. The number of nitrogen functional groups attached to an aromatic ring is 1. The van der Waals surface area contributed by atoms with Gasteiger partial charge in [0.2, 0.25) is 0 Å². The molecule has 1 aliphatic rings. The Morgan fingerprint density at radius 3 is 2.60 bits per heavy atom. The molecule has 3 rings (SSSR count). The van der Waals surface area contributed by atoms with E-state index in [0.717, 1.165) is 11.3 Å². The highest BCUT2D eigenvalue weighted by molar-refractivity contribution is 7.91. The van der Waals surface area contributed by atoms with Gasteiger partial charge < -0.3 is 5.73 Å². The Balaban J connectivity index is 1.93. The number of nitrogens with two attached hydrogens (primary N) is 1. The molecule has 1 aliphatic heterocycles. The lowest BCUT2D eigenvalue weighted by Crippen LogP contribution is -2.14. The molecule has 1 aromatic carbocycles. The highest BCUT2D eigenvalue weighted by Gasteiger charge is 2.30. The van der Waals surface area contributed by atoms with Crippen LogP contribution in [0, 0.1) is 0 Å². The van der Waals surface area contributed by atoms with E-state index in [1.807, 2.05) is 12.1 Å². The van der Waals surface area contributed by atoms with Crippen molar-refractivity contribution in [2.75, 3.05) is 17.2 Å². The standard InChI is InChI=1S/C13H14ClN3O2S/c14-10-3-1-9(2-4-10)12-7-13(15)17(16-12)11-5-6-20(18,19)8-11/h1-4,7,11H,5-6,8,15H2/t11-/m0/s1. The maximum Gasteiger partial charge on any atom is 0.152 e. The molecule has 2 heterocycles. The van der Waals surface area contributed by atoms with Crippen LogP contribution in [0.2, 0.25) is 5.02 Å². The van der Waals surface area contributed by atoms with Crippen molar-refractivity contribution in [3.63, 3.8) is 0 Å². The van der Waals surface area contributed by atoms with E-state index in [-0.39, 0.29) is 17.5 Å². The number of hydrogen-bond acceptors (Lipinski definition) is 4. The van der Waals surface area contributed by atoms with Crippen LogP contribution in [0.5, 0.6) is 0 Å². The molecular formula is C13H14ClN3O2S. The maximum absolute atomic E-state index is 11.5. The molecule has 1 aromatic heterocycles. The summed E-state index contributed by atoms with van der Waals surface area (Å²) in [4.78, 5) is 0. The first-order valence-electron chi connectivity index (χ1n) is 6.26. The number of nitrogens with zero attached hydrogens (tertiary/aromatic N) is 2. The van der Waals surface area contributed by atoms with Gasteiger partial charge >= 0.3 is 0 Å². The summed E-state index contributed by atoms with van der Waals surface area (Å²) >= 11 is 5.85. The number of halogens is 1. The van der Waals surface area contributed by atoms with Crippen LogP contribution in [0.1, 0.15) is 12.5 Å². The average Bonchev–Trinajstić information content (AvgIpc) is 2.93. The summed E-state index contributed by atoms with van der Waals surface area (Å²) in [5, 5.41) is 5.10. The Bertz CT molecular complexity index is 737. The molecule has 0 spiro atoms. The van der Waals surface area contributed by atoms with Gasteiger partial charge in [0.05, 0.1) is 23.2 Å². The van der Waals surface area contributed by atoms with Crippen molar-refractivity contribution < 1.29 is 8.42 Å². The molecule has 1 atom stereocenters. The van der Waals surface area contributed by atoms with Gasteiger partial charge in [0.1, 0.15) is 5.82 Å². The predicted molar refractivity (Wildman–Crippen MR) is 79.4 cm³/mol. The van der Waals surface area contributed by atoms with E-state index in [4.69, 9.17) is 17.3 Å². The van der Waals surface area contributed by atoms with Crippen molar-refractivity contribution in [2.24, 2.45) is 0 Å². The van der Waals surface area contributed by atoms with Crippen LogP contribution < -0.4 is 5.73 Å². The van der Waals surface area contributed by atoms with E-state index < -0.39 is 9.84 Å². The summed E-state index contributed by atoms with van der Waals surface area (Å²) in [7, 11) is -2.96. The van der Waals surface area contributed by atoms with Crippen molar-refractivity contribution in [3.8, 4) is 11.3 Å². The van der Waals surface area contributed by atoms with E-state index in [1.165, 1.54) is 0 Å². The fraction of sp³-hybridized carbons (Fsp3) is 0.308. The number of benzene rings is 1. The Morgan fingerprint density at radius 2 is 2.00 bits per heavy atom. The van der Waals surface area contributed by atoms with Crippen molar-refractivity contribution >= 4 is 27.3 Å². The molecule has 7 heteroatoms. The molecule has 2 N–H and O–H groups in total. The lowest BCUT2D eigenvalue weighted by molar-refractivity contribution is 0.508. The number of rotatable bonds is 2. The Morgan fingerprint density at radius 1 is 1.30 bits per heavy atom. The van der Waals surface area contributed by atoms with Crippen molar-refractivity contribution in [1.29, 1.82) is 0 Å². The second-order valence-corrected chi connectivity index (χ2v) is 7.63. The quantitative estimate of drug-likeness (QED) is 0.921. The van der Waals surface area contributed by atoms with E-state index in [0.29, 0.717) is 17.3 Å². The number of sulfone groups is 1. The van der Waals surface area contributed by atoms with Gasteiger partial charge in [-0.25, -0.2) is 13.1 Å². The fourth-order valence-corrected chi connectivity index (χ4v) is 4.25. The van der Waals surface area contributed by atoms with Crippen molar-refractivity contribution in [2.45, 2.75) is 12.5 Å². The third kappa shape index (κ3) is 2.53. The second kappa shape index (κ2) is 4.79. The van der Waals surface area contributed by atoms with Crippen LogP contribution in [0.3, 0.4) is 0 Å². The van der Waals surface area contributed by atoms with Crippen molar-refractivity contribution in [1.82, 2.24) is 9.78 Å². The SMILES string of the molecule is Nc1cc(-c2ccc(Cl)cc2)nn1[C@H]1CCS(=O)(=O)C1. The maximum atomic E-state index is 11.5. The minimum absolute atomic E-state index is 0.110. The minimum atomic E-state index is -2.96. The van der Waals surface area contributed by atoms with Gasteiger partial charge in [-0.05, 0) is 18.6 Å². The summed E-state index contributed by atoms with van der Waals surface area (Å²) < 4.78 is 24.7. The van der Waals surface area contributed by atoms with Gasteiger partial charge in [-0.2, -0.15) is 5.10 Å². The van der Waals surface area contributed by atoms with E-state index in [1.54, 1.807) is 22.9 Å². The minimum Gasteiger partial charge on any atom is -0.384 e. The average molecular weight is 312 g/mol. The predicted octanol–water partition coefficient (Wildman–Crippen LogP) is 2.15. The normalized spacial score (nSPS) is 21.1. The Hall–Kier alpha value is -1.53. The van der Waals surface area contributed by atoms with Crippen molar-refractivity contribution in [3.05, 3.63) is 35.4 Å². The topological polar surface area (TPSA) is 78.0 Å². The van der Waals surface area contributed by atoms with Crippen LogP contribution in [0.4, 0.5) is 5.82 Å². The molecule has 0 amide bonds. The summed E-state index contributed by atoms with van der Waals surface area (Å²) in [6.07, 6.45) is 0.564. The highest BCUT2D eigenvalue weighted by atomic mass is 35.5. The zero-order valence-corrected chi connectivity index (χ0v) is 12.2. The Kier molecular flexibility index (Phi) is 3.22. The molecule has 1 saturated heterocycles. The largest absolute Gasteiger partial charge is 0.384 e. The molecular weight excluding hydrogens is 298 g/mol. The van der Waals surface area contributed by atoms with Gasteiger partial charge in [0.25, 0.3) is 0 Å². The van der Waals surface area contributed by atoms with Gasteiger partial charge in [-0.3, -0.25) is 0 Å². The Labute approximate surface area is 122 Å². The summed E-state index contributed by atoms with van der Waals surface area (Å²) in [5.74, 6) is 0.795. The molecule has 20 heavy (non-hydrogen) atoms. The molecule has 106 valence electrons. The third-order valence-electron chi connectivity index (χ3n) is 3.46. The summed E-state index contributed by atoms with van der Waals surface area (Å²) in [6, 6.07) is 8.88. The van der Waals surface area contributed by atoms with E-state index in [9.17, 15) is 8.42 Å². The van der Waals surface area contributed by atoms with Gasteiger partial charge in [-0.1, -0.05) is 23.7 Å². The molecule has 5 nitrogen and oxygen atoms in total. The first kappa shape index (κ1) is 13.5. The van der Waals surface area contributed by atoms with E-state index in [2.05, 4.69) is 5.10 Å². The first-order valence-corrected chi connectivity index (χ1v) is 8.46. The number of hydrogen-bond donors (Lipinski definition) is 1. The van der Waals surface area contributed by atoms with Crippen LogP contribution in [-0.4, -0.2) is 29.7 Å². The zero-order chi connectivity index (χ0) is 14.3. The van der Waals surface area contributed by atoms with Gasteiger partial charge in [0.15, 0.2) is 9.84 Å². The second-order valence-electron chi connectivity index (χ2n) is 4.96. The van der Waals surface area contributed by atoms with Crippen LogP contribution >= 0.6 is 11.6 Å². The molecule has 0 aliphatic carbocycles. The highest BCUT2D eigenvalue weighted by Crippen LogP contribution is 2.29. The third-order valence-corrected chi connectivity index (χ3v) is 5.46. The van der Waals surface area contributed by atoms with Gasteiger partial charge in [0, 0.05) is 16.7 Å². The number of anilines is 1. The molecule has 0 radical (unpaired) electrons. The molecule has 0 unspecified atom stereocenters. The fourth-order valence-electron chi connectivity index (χ4n) is 2.43. The zero-order valence-electron chi connectivity index (χ0n) is 10.7. The smallest absolute Gasteiger partial charge is 0.152 e. The molecule has 0 saturated carbocycles. The van der Waals surface area contributed by atoms with E-state index >= 15 is 0 Å². The summed E-state index contributed by atoms with van der Waals surface area (Å²) in [6.45, 7) is 0. The monoisotopic (exact) mass is 311 g/mol. The van der Waals surface area contributed by atoms with Crippen LogP contribution in [0.25, 0.3) is 11.3 Å².